The van der Waals surface area contributed by atoms with Crippen LogP contribution in [0.3, 0.4) is 0 Å². The van der Waals surface area contributed by atoms with Crippen LogP contribution in [0.5, 0.6) is 0 Å². The molecule has 0 unspecified atom stereocenters. The Balaban J connectivity index is 1.43. The minimum absolute atomic E-state index is 0.000968. The second-order valence-corrected chi connectivity index (χ2v) is 9.56. The van der Waals surface area contributed by atoms with Crippen LogP contribution in [0.1, 0.15) is 49.3 Å². The van der Waals surface area contributed by atoms with Gasteiger partial charge in [-0.1, -0.05) is 30.3 Å². The number of aliphatic imine (C=N–C) groups is 1. The number of hydrogen-bond donors (Lipinski definition) is 3. The molecular weight excluding hydrogens is 484 g/mol. The van der Waals surface area contributed by atoms with Crippen molar-refractivity contribution in [3.05, 3.63) is 64.5 Å². The largest absolute Gasteiger partial charge is 0.396 e. The lowest BCUT2D eigenvalue weighted by Crippen LogP contribution is -2.34. The average molecular weight is 511 g/mol. The number of anilines is 2. The summed E-state index contributed by atoms with van der Waals surface area (Å²) < 4.78 is 2.40. The van der Waals surface area contributed by atoms with E-state index in [4.69, 9.17) is 15.7 Å². The summed E-state index contributed by atoms with van der Waals surface area (Å²) in [6.07, 6.45) is 9.02. The van der Waals surface area contributed by atoms with Gasteiger partial charge in [0, 0.05) is 18.7 Å². The molecule has 5 rings (SSSR count). The smallest absolute Gasteiger partial charge is 0.181 e. The molecule has 1 saturated carbocycles. The summed E-state index contributed by atoms with van der Waals surface area (Å²) in [5.41, 5.74) is 10.1. The number of rotatable bonds is 5. The number of nitrogens with zero attached hydrogens (tertiary/aromatic N) is 5. The second-order valence-electron chi connectivity index (χ2n) is 8.77. The first-order chi connectivity index (χ1) is 16.0. The van der Waals surface area contributed by atoms with E-state index in [1.54, 1.807) is 10.7 Å². The van der Waals surface area contributed by atoms with Gasteiger partial charge in [0.15, 0.2) is 5.65 Å². The minimum Gasteiger partial charge on any atom is -0.396 e. The lowest BCUT2D eigenvalue weighted by Gasteiger charge is -2.35. The van der Waals surface area contributed by atoms with Crippen molar-refractivity contribution in [2.24, 2.45) is 4.99 Å². The van der Waals surface area contributed by atoms with E-state index < -0.39 is 5.60 Å². The molecule has 0 amide bonds. The third-order valence-corrected chi connectivity index (χ3v) is 7.51. The zero-order chi connectivity index (χ0) is 23.0. The molecule has 8 nitrogen and oxygen atoms in total. The van der Waals surface area contributed by atoms with Gasteiger partial charge in [0.1, 0.15) is 18.2 Å². The highest BCUT2D eigenvalue weighted by Crippen LogP contribution is 2.42. The molecular formula is C24H27BrN6O2. The van der Waals surface area contributed by atoms with Crippen molar-refractivity contribution in [1.29, 1.82) is 0 Å². The van der Waals surface area contributed by atoms with Crippen LogP contribution in [0, 0.1) is 0 Å². The maximum Gasteiger partial charge on any atom is 0.181 e. The number of allylic oxidation sites excluding steroid dienone is 1. The number of benzene rings is 1. The summed E-state index contributed by atoms with van der Waals surface area (Å²) in [7, 11) is 0. The van der Waals surface area contributed by atoms with Crippen molar-refractivity contribution in [3.63, 3.8) is 0 Å². The molecule has 0 bridgehead atoms. The molecule has 0 saturated heterocycles. The van der Waals surface area contributed by atoms with Gasteiger partial charge in [0.05, 0.1) is 27.7 Å². The SMILES string of the molecule is Nc1c(Br)c(C2CCC(O)(CCO)CC2)nc2c(N3C=CC(c4ccccc4)=NC3)cnn12. The molecule has 0 spiro atoms. The maximum atomic E-state index is 10.7. The van der Waals surface area contributed by atoms with Gasteiger partial charge in [0.2, 0.25) is 0 Å². The Hall–Kier alpha value is -2.75. The topological polar surface area (TPSA) is 112 Å². The van der Waals surface area contributed by atoms with E-state index in [1.807, 2.05) is 47.5 Å². The fourth-order valence-electron chi connectivity index (χ4n) is 4.73. The first-order valence-electron chi connectivity index (χ1n) is 11.2. The van der Waals surface area contributed by atoms with Crippen LogP contribution in [0.4, 0.5) is 11.5 Å². The third kappa shape index (κ3) is 4.16. The molecule has 1 fully saturated rings. The molecule has 9 heteroatoms. The van der Waals surface area contributed by atoms with E-state index in [1.165, 1.54) is 0 Å². The number of aliphatic hydroxyl groups is 2. The van der Waals surface area contributed by atoms with E-state index in [0.29, 0.717) is 37.4 Å². The van der Waals surface area contributed by atoms with E-state index in [9.17, 15) is 10.2 Å². The summed E-state index contributed by atoms with van der Waals surface area (Å²) in [4.78, 5) is 11.7. The molecule has 3 aromatic rings. The van der Waals surface area contributed by atoms with Crippen molar-refractivity contribution in [3.8, 4) is 0 Å². The second kappa shape index (κ2) is 8.89. The number of fused-ring (bicyclic) bond motifs is 1. The predicted octanol–water partition coefficient (Wildman–Crippen LogP) is 3.63. The Morgan fingerprint density at radius 3 is 2.61 bits per heavy atom. The number of aliphatic hydroxyl groups excluding tert-OH is 1. The quantitative estimate of drug-likeness (QED) is 0.483. The standard InChI is InChI=1S/C24H27BrN6O2/c25-20-21(17-6-9-24(33,10-7-17)11-13-32)29-23-19(14-28-31(23)22(20)26)30-12-8-18(27-15-30)16-4-2-1-3-5-16/h1-5,8,12,14,17,32-33H,6-7,9-11,13,15,26H2. The maximum absolute atomic E-state index is 10.7. The van der Waals surface area contributed by atoms with Crippen LogP contribution >= 0.6 is 15.9 Å². The van der Waals surface area contributed by atoms with Crippen molar-refractivity contribution >= 4 is 38.8 Å². The number of halogens is 1. The molecule has 4 N–H and O–H groups in total. The zero-order valence-electron chi connectivity index (χ0n) is 18.2. The van der Waals surface area contributed by atoms with Crippen LogP contribution in [0.25, 0.3) is 5.65 Å². The van der Waals surface area contributed by atoms with Crippen LogP contribution in [-0.4, -0.2) is 49.4 Å². The first kappa shape index (κ1) is 22.1. The highest BCUT2D eigenvalue weighted by molar-refractivity contribution is 9.10. The Labute approximate surface area is 200 Å². The fourth-order valence-corrected chi connectivity index (χ4v) is 5.31. The van der Waals surface area contributed by atoms with Gasteiger partial charge in [0.25, 0.3) is 0 Å². The van der Waals surface area contributed by atoms with Crippen LogP contribution in [0.15, 0.2) is 58.3 Å². The Morgan fingerprint density at radius 2 is 1.94 bits per heavy atom. The van der Waals surface area contributed by atoms with Crippen molar-refractivity contribution < 1.29 is 10.2 Å². The van der Waals surface area contributed by atoms with E-state index in [2.05, 4.69) is 21.0 Å². The van der Waals surface area contributed by atoms with Gasteiger partial charge in [-0.25, -0.2) is 4.98 Å². The van der Waals surface area contributed by atoms with Gasteiger partial charge in [-0.3, -0.25) is 4.99 Å². The molecule has 1 aliphatic carbocycles. The Bertz CT molecular complexity index is 1210. The molecule has 0 atom stereocenters. The van der Waals surface area contributed by atoms with Crippen molar-refractivity contribution in [2.45, 2.75) is 43.6 Å². The number of nitrogens with two attached hydrogens (primary N) is 1. The Kier molecular flexibility index (Phi) is 5.94. The van der Waals surface area contributed by atoms with E-state index in [0.717, 1.165) is 40.0 Å². The first-order valence-corrected chi connectivity index (χ1v) is 12.0. The predicted molar refractivity (Wildman–Crippen MR) is 132 cm³/mol. The van der Waals surface area contributed by atoms with Crippen molar-refractivity contribution in [2.75, 3.05) is 23.9 Å². The molecule has 33 heavy (non-hydrogen) atoms. The third-order valence-electron chi connectivity index (χ3n) is 6.69. The summed E-state index contributed by atoms with van der Waals surface area (Å²) in [5.74, 6) is 0.680. The van der Waals surface area contributed by atoms with Gasteiger partial charge in [-0.15, -0.1) is 0 Å². The number of aromatic nitrogens is 3. The van der Waals surface area contributed by atoms with E-state index >= 15 is 0 Å². The lowest BCUT2D eigenvalue weighted by atomic mass is 9.76. The average Bonchev–Trinajstić information content (AvgIpc) is 3.27. The molecule has 0 radical (unpaired) electrons. The van der Waals surface area contributed by atoms with Crippen LogP contribution < -0.4 is 10.6 Å². The zero-order valence-corrected chi connectivity index (χ0v) is 19.8. The molecule has 3 heterocycles. The highest BCUT2D eigenvalue weighted by atomic mass is 79.9. The summed E-state index contributed by atoms with van der Waals surface area (Å²) in [6, 6.07) is 10.1. The summed E-state index contributed by atoms with van der Waals surface area (Å²) >= 11 is 3.63. The molecule has 2 aliphatic rings. The highest BCUT2D eigenvalue weighted by Gasteiger charge is 2.35. The van der Waals surface area contributed by atoms with Crippen LogP contribution in [-0.2, 0) is 0 Å². The minimum atomic E-state index is -0.789. The molecule has 172 valence electrons. The fraction of sp³-hybridized carbons (Fsp3) is 0.375. The normalized spacial score (nSPS) is 23.2. The Morgan fingerprint density at radius 1 is 1.18 bits per heavy atom. The van der Waals surface area contributed by atoms with Crippen LogP contribution in [0.2, 0.25) is 0 Å². The number of nitrogen functional groups attached to an aromatic ring is 1. The van der Waals surface area contributed by atoms with Gasteiger partial charge in [-0.05, 0) is 59.7 Å². The van der Waals surface area contributed by atoms with Gasteiger partial charge >= 0.3 is 0 Å². The summed E-state index contributed by atoms with van der Waals surface area (Å²) in [5, 5.41) is 24.4. The number of hydrogen-bond acceptors (Lipinski definition) is 7. The van der Waals surface area contributed by atoms with Crippen molar-refractivity contribution in [1.82, 2.24) is 14.6 Å². The summed E-state index contributed by atoms with van der Waals surface area (Å²) in [6.45, 7) is 0.464. The molecule has 2 aromatic heterocycles. The van der Waals surface area contributed by atoms with Gasteiger partial charge < -0.3 is 20.8 Å². The molecule has 1 aromatic carbocycles. The molecule has 1 aliphatic heterocycles. The van der Waals surface area contributed by atoms with E-state index in [-0.39, 0.29) is 12.5 Å². The lowest BCUT2D eigenvalue weighted by molar-refractivity contribution is -0.0206. The van der Waals surface area contributed by atoms with Gasteiger partial charge in [-0.2, -0.15) is 9.61 Å². The monoisotopic (exact) mass is 510 g/mol.